The number of rotatable bonds is 2. The van der Waals surface area contributed by atoms with E-state index in [1.807, 2.05) is 30.2 Å². The van der Waals surface area contributed by atoms with Gasteiger partial charge in [0.25, 0.3) is 5.91 Å². The van der Waals surface area contributed by atoms with Gasteiger partial charge in [0.05, 0.1) is 17.3 Å². The third kappa shape index (κ3) is 2.58. The van der Waals surface area contributed by atoms with Crippen LogP contribution < -0.4 is 4.90 Å². The van der Waals surface area contributed by atoms with Crippen LogP contribution in [0.4, 0.5) is 5.95 Å². The van der Waals surface area contributed by atoms with Crippen LogP contribution in [0.1, 0.15) is 15.9 Å². The lowest BCUT2D eigenvalue weighted by Crippen LogP contribution is -2.49. The van der Waals surface area contributed by atoms with E-state index in [-0.39, 0.29) is 5.91 Å². The molecule has 3 aromatic rings. The zero-order valence-electron chi connectivity index (χ0n) is 13.5. The molecule has 1 saturated heterocycles. The standard InChI is InChI=1S/C17H18N6O/c1-13-3-6-23-15(11-13)14(12-20-23)16(24)21-7-9-22(10-8-21)17-18-4-2-5-19-17/h2-6,11-12H,7-10H2,1H3. The molecule has 0 bridgehead atoms. The van der Waals surface area contributed by atoms with Crippen molar-refractivity contribution in [2.75, 3.05) is 31.1 Å². The van der Waals surface area contributed by atoms with Crippen LogP contribution in [-0.2, 0) is 0 Å². The van der Waals surface area contributed by atoms with Gasteiger partial charge < -0.3 is 9.80 Å². The summed E-state index contributed by atoms with van der Waals surface area (Å²) in [7, 11) is 0. The molecule has 24 heavy (non-hydrogen) atoms. The number of hydrogen-bond donors (Lipinski definition) is 0. The molecule has 1 amide bonds. The van der Waals surface area contributed by atoms with Crippen molar-refractivity contribution in [3.8, 4) is 0 Å². The Morgan fingerprint density at radius 1 is 1.12 bits per heavy atom. The highest BCUT2D eigenvalue weighted by Gasteiger charge is 2.25. The van der Waals surface area contributed by atoms with Gasteiger partial charge in [0.2, 0.25) is 5.95 Å². The molecule has 4 heterocycles. The SMILES string of the molecule is Cc1ccn2ncc(C(=O)N3CCN(c4ncccn4)CC3)c2c1. The van der Waals surface area contributed by atoms with Crippen LogP contribution in [-0.4, -0.2) is 56.6 Å². The molecule has 122 valence electrons. The Hall–Kier alpha value is -2.96. The van der Waals surface area contributed by atoms with Crippen LogP contribution in [0.25, 0.3) is 5.52 Å². The van der Waals surface area contributed by atoms with Gasteiger partial charge in [-0.3, -0.25) is 4.79 Å². The second-order valence-corrected chi connectivity index (χ2v) is 5.92. The van der Waals surface area contributed by atoms with E-state index in [0.717, 1.165) is 30.1 Å². The average molecular weight is 322 g/mol. The molecule has 0 radical (unpaired) electrons. The second kappa shape index (κ2) is 5.92. The number of fused-ring (bicyclic) bond motifs is 1. The number of aromatic nitrogens is 4. The summed E-state index contributed by atoms with van der Waals surface area (Å²) in [5, 5.41) is 4.28. The highest BCUT2D eigenvalue weighted by Crippen LogP contribution is 2.17. The molecule has 7 nitrogen and oxygen atoms in total. The summed E-state index contributed by atoms with van der Waals surface area (Å²) in [5.74, 6) is 0.750. The lowest BCUT2D eigenvalue weighted by molar-refractivity contribution is 0.0748. The topological polar surface area (TPSA) is 66.6 Å². The minimum atomic E-state index is 0.0317. The number of anilines is 1. The first kappa shape index (κ1) is 14.6. The van der Waals surface area contributed by atoms with E-state index < -0.39 is 0 Å². The fourth-order valence-electron chi connectivity index (χ4n) is 2.99. The van der Waals surface area contributed by atoms with Crippen molar-refractivity contribution in [3.05, 3.63) is 54.1 Å². The van der Waals surface area contributed by atoms with Gasteiger partial charge in [-0.05, 0) is 30.7 Å². The van der Waals surface area contributed by atoms with Crippen LogP contribution in [0, 0.1) is 6.92 Å². The maximum absolute atomic E-state index is 12.9. The number of nitrogens with zero attached hydrogens (tertiary/aromatic N) is 6. The number of hydrogen-bond acceptors (Lipinski definition) is 5. The molecule has 1 aliphatic rings. The van der Waals surface area contributed by atoms with E-state index in [1.165, 1.54) is 0 Å². The second-order valence-electron chi connectivity index (χ2n) is 5.92. The summed E-state index contributed by atoms with van der Waals surface area (Å²) in [6, 6.07) is 5.78. The molecule has 0 atom stereocenters. The van der Waals surface area contributed by atoms with Gasteiger partial charge in [0.1, 0.15) is 0 Å². The van der Waals surface area contributed by atoms with Crippen molar-refractivity contribution in [1.82, 2.24) is 24.5 Å². The van der Waals surface area contributed by atoms with Crippen molar-refractivity contribution in [1.29, 1.82) is 0 Å². The molecular weight excluding hydrogens is 304 g/mol. The van der Waals surface area contributed by atoms with E-state index in [9.17, 15) is 4.79 Å². The molecule has 0 aliphatic carbocycles. The molecule has 0 saturated carbocycles. The van der Waals surface area contributed by atoms with Gasteiger partial charge in [0, 0.05) is 44.8 Å². The molecule has 0 spiro atoms. The fraction of sp³-hybridized carbons (Fsp3) is 0.294. The Kier molecular flexibility index (Phi) is 3.60. The zero-order chi connectivity index (χ0) is 16.5. The third-order valence-corrected chi connectivity index (χ3v) is 4.31. The van der Waals surface area contributed by atoms with E-state index in [0.29, 0.717) is 18.7 Å². The number of aryl methyl sites for hydroxylation is 1. The Morgan fingerprint density at radius 3 is 2.62 bits per heavy atom. The highest BCUT2D eigenvalue weighted by molar-refractivity contribution is 6.00. The minimum absolute atomic E-state index is 0.0317. The first-order chi connectivity index (χ1) is 11.7. The van der Waals surface area contributed by atoms with Gasteiger partial charge >= 0.3 is 0 Å². The molecule has 1 fully saturated rings. The van der Waals surface area contributed by atoms with Gasteiger partial charge in [0.15, 0.2) is 0 Å². The van der Waals surface area contributed by atoms with Crippen molar-refractivity contribution < 1.29 is 4.79 Å². The third-order valence-electron chi connectivity index (χ3n) is 4.31. The van der Waals surface area contributed by atoms with Gasteiger partial charge in [-0.25, -0.2) is 14.5 Å². The smallest absolute Gasteiger partial charge is 0.257 e. The summed E-state index contributed by atoms with van der Waals surface area (Å²) in [6.45, 7) is 4.78. The number of carbonyl (C=O) groups is 1. The summed E-state index contributed by atoms with van der Waals surface area (Å²) < 4.78 is 1.74. The van der Waals surface area contributed by atoms with Gasteiger partial charge in [-0.2, -0.15) is 5.10 Å². The molecule has 0 aromatic carbocycles. The number of amides is 1. The normalized spacial score (nSPS) is 15.0. The Bertz CT molecular complexity index is 867. The fourth-order valence-corrected chi connectivity index (χ4v) is 2.99. The Balaban J connectivity index is 1.51. The van der Waals surface area contributed by atoms with Crippen LogP contribution in [0.5, 0.6) is 0 Å². The van der Waals surface area contributed by atoms with E-state index in [2.05, 4.69) is 20.0 Å². The largest absolute Gasteiger partial charge is 0.337 e. The lowest BCUT2D eigenvalue weighted by Gasteiger charge is -2.34. The molecule has 3 aromatic heterocycles. The highest BCUT2D eigenvalue weighted by atomic mass is 16.2. The first-order valence-corrected chi connectivity index (χ1v) is 7.97. The predicted molar refractivity (Wildman–Crippen MR) is 90.1 cm³/mol. The van der Waals surface area contributed by atoms with E-state index >= 15 is 0 Å². The van der Waals surface area contributed by atoms with Crippen molar-refractivity contribution >= 4 is 17.4 Å². The predicted octanol–water partition coefficient (Wildman–Crippen LogP) is 1.40. The Morgan fingerprint density at radius 2 is 1.88 bits per heavy atom. The van der Waals surface area contributed by atoms with Gasteiger partial charge in [-0.1, -0.05) is 0 Å². The quantitative estimate of drug-likeness (QED) is 0.713. The van der Waals surface area contributed by atoms with Crippen molar-refractivity contribution in [2.24, 2.45) is 0 Å². The van der Waals surface area contributed by atoms with Crippen LogP contribution in [0.3, 0.4) is 0 Å². The van der Waals surface area contributed by atoms with Crippen LogP contribution >= 0.6 is 0 Å². The summed E-state index contributed by atoms with van der Waals surface area (Å²) in [6.07, 6.45) is 7.01. The van der Waals surface area contributed by atoms with Crippen molar-refractivity contribution in [2.45, 2.75) is 6.92 Å². The van der Waals surface area contributed by atoms with Crippen LogP contribution in [0.2, 0.25) is 0 Å². The summed E-state index contributed by atoms with van der Waals surface area (Å²) >= 11 is 0. The molecule has 0 unspecified atom stereocenters. The average Bonchev–Trinajstić information content (AvgIpc) is 3.05. The van der Waals surface area contributed by atoms with Crippen LogP contribution in [0.15, 0.2) is 43.0 Å². The van der Waals surface area contributed by atoms with E-state index in [4.69, 9.17) is 0 Å². The summed E-state index contributed by atoms with van der Waals surface area (Å²) in [5.41, 5.74) is 2.63. The first-order valence-electron chi connectivity index (χ1n) is 7.97. The zero-order valence-corrected chi connectivity index (χ0v) is 13.5. The number of carbonyl (C=O) groups excluding carboxylic acids is 1. The summed E-state index contributed by atoms with van der Waals surface area (Å²) in [4.78, 5) is 25.4. The Labute approximate surface area is 139 Å². The molecule has 7 heteroatoms. The molecule has 1 aliphatic heterocycles. The monoisotopic (exact) mass is 322 g/mol. The lowest BCUT2D eigenvalue weighted by atomic mass is 10.2. The molecule has 0 N–H and O–H groups in total. The molecule has 4 rings (SSSR count). The van der Waals surface area contributed by atoms with Crippen molar-refractivity contribution in [3.63, 3.8) is 0 Å². The number of piperazine rings is 1. The maximum Gasteiger partial charge on any atom is 0.257 e. The number of pyridine rings is 1. The van der Waals surface area contributed by atoms with Gasteiger partial charge in [-0.15, -0.1) is 0 Å². The molecular formula is C17H18N6O. The minimum Gasteiger partial charge on any atom is -0.337 e. The van der Waals surface area contributed by atoms with E-state index in [1.54, 1.807) is 29.2 Å². The maximum atomic E-state index is 12.9.